The van der Waals surface area contributed by atoms with Crippen LogP contribution in [0.25, 0.3) is 22.3 Å². The molecule has 0 bridgehead atoms. The number of pyridine rings is 1. The highest BCUT2D eigenvalue weighted by molar-refractivity contribution is 7.85. The van der Waals surface area contributed by atoms with Gasteiger partial charge in [0.2, 0.25) is 5.91 Å². The van der Waals surface area contributed by atoms with E-state index in [2.05, 4.69) is 19.9 Å². The smallest absolute Gasteiger partial charge is 0.327 e. The van der Waals surface area contributed by atoms with Crippen LogP contribution >= 0.6 is 0 Å². The predicted molar refractivity (Wildman–Crippen MR) is 156 cm³/mol. The van der Waals surface area contributed by atoms with Crippen LogP contribution in [0, 0.1) is 0 Å². The zero-order valence-corrected chi connectivity index (χ0v) is 23.6. The summed E-state index contributed by atoms with van der Waals surface area (Å²) in [5.74, 6) is 1.09. The largest absolute Gasteiger partial charge is 0.456 e. The van der Waals surface area contributed by atoms with Crippen molar-refractivity contribution in [2.45, 2.75) is 45.6 Å². The molecule has 1 aliphatic rings. The molecular weight excluding hydrogens is 526 g/mol. The Morgan fingerprint density at radius 1 is 1.07 bits per heavy atom. The highest BCUT2D eigenvalue weighted by Crippen LogP contribution is 2.41. The third-order valence-electron chi connectivity index (χ3n) is 7.16. The van der Waals surface area contributed by atoms with Gasteiger partial charge in [-0.1, -0.05) is 36.4 Å². The van der Waals surface area contributed by atoms with E-state index in [1.807, 2.05) is 77.5 Å². The quantitative estimate of drug-likeness (QED) is 0.154. The van der Waals surface area contributed by atoms with Gasteiger partial charge in [-0.2, -0.15) is 8.42 Å². The molecule has 1 aliphatic heterocycles. The van der Waals surface area contributed by atoms with E-state index in [4.69, 9.17) is 14.0 Å². The Morgan fingerprint density at radius 3 is 2.50 bits per heavy atom. The number of aromatic nitrogens is 1. The Hall–Kier alpha value is -4.08. The number of amides is 1. The summed E-state index contributed by atoms with van der Waals surface area (Å²) in [6, 6.07) is 21.4. The summed E-state index contributed by atoms with van der Waals surface area (Å²) in [5, 5.41) is 1.00. The Balaban J connectivity index is 1.53. The first kappa shape index (κ1) is 27.5. The van der Waals surface area contributed by atoms with Crippen LogP contribution in [0.15, 0.2) is 94.6 Å². The molecule has 4 aromatic rings. The molecule has 9 heteroatoms. The predicted octanol–water partition coefficient (Wildman–Crippen LogP) is 5.99. The van der Waals surface area contributed by atoms with Crippen molar-refractivity contribution < 1.29 is 26.7 Å². The molecule has 8 nitrogen and oxygen atoms in total. The Labute approximate surface area is 234 Å². The summed E-state index contributed by atoms with van der Waals surface area (Å²) in [6.45, 7) is 6.21. The fourth-order valence-electron chi connectivity index (χ4n) is 4.97. The first-order valence-corrected chi connectivity index (χ1v) is 14.8. The number of rotatable bonds is 9. The van der Waals surface area contributed by atoms with Gasteiger partial charge in [0, 0.05) is 30.3 Å². The van der Waals surface area contributed by atoms with Crippen LogP contribution in [0.4, 0.5) is 11.5 Å². The molecular formula is C31H32N3O5S+. The van der Waals surface area contributed by atoms with Gasteiger partial charge in [-0.15, -0.1) is 0 Å². The zero-order chi connectivity index (χ0) is 28.5. The van der Waals surface area contributed by atoms with Crippen molar-refractivity contribution in [2.75, 3.05) is 10.7 Å². The molecule has 0 saturated heterocycles. The van der Waals surface area contributed by atoms with Crippen LogP contribution in [0.5, 0.6) is 0 Å². The number of furan rings is 1. The van der Waals surface area contributed by atoms with E-state index in [0.717, 1.165) is 45.1 Å². The van der Waals surface area contributed by atoms with Crippen molar-refractivity contribution in [3.63, 3.8) is 0 Å². The number of anilines is 1. The van der Waals surface area contributed by atoms with Crippen LogP contribution in [-0.4, -0.2) is 30.3 Å². The third-order valence-corrected chi connectivity index (χ3v) is 7.97. The Bertz CT molecular complexity index is 1700. The van der Waals surface area contributed by atoms with E-state index in [1.54, 1.807) is 11.1 Å². The lowest BCUT2D eigenvalue weighted by Crippen LogP contribution is -2.35. The summed E-state index contributed by atoms with van der Waals surface area (Å²) in [5.41, 5.74) is 3.74. The molecule has 3 heterocycles. The molecule has 40 heavy (non-hydrogen) atoms. The number of carbonyl (C=O) groups is 1. The van der Waals surface area contributed by atoms with Crippen molar-refractivity contribution in [1.29, 1.82) is 0 Å². The van der Waals surface area contributed by atoms with Crippen LogP contribution in [0.3, 0.4) is 0 Å². The molecule has 2 aromatic carbocycles. The maximum atomic E-state index is 12.4. The standard InChI is InChI=1S/C31H31N3O5S/c1-22(35)34(25-12-5-4-6-13-25)17-15-29-31(2,3)26-19-24(28-20-23-11-7-8-14-27(23)39-28)21-33(30(26)32-29)16-9-10-18-40(36,37)38/h4-8,11-15,17,19-21H,9-10,16,18H2,1-3H3/p+1. The monoisotopic (exact) mass is 558 g/mol. The minimum atomic E-state index is -4.02. The minimum Gasteiger partial charge on any atom is -0.456 e. The van der Waals surface area contributed by atoms with E-state index in [1.165, 1.54) is 6.92 Å². The number of unbranched alkanes of at least 4 members (excludes halogenated alkanes) is 1. The maximum Gasteiger partial charge on any atom is 0.327 e. The molecule has 2 aromatic heterocycles. The number of aryl methyl sites for hydroxylation is 1. The fourth-order valence-corrected chi connectivity index (χ4v) is 5.53. The minimum absolute atomic E-state index is 0.113. The number of para-hydroxylation sites is 2. The summed E-state index contributed by atoms with van der Waals surface area (Å²) in [7, 11) is -4.02. The second kappa shape index (κ2) is 10.8. The van der Waals surface area contributed by atoms with Crippen molar-refractivity contribution in [3.8, 4) is 11.3 Å². The normalized spacial score (nSPS) is 14.4. The van der Waals surface area contributed by atoms with Crippen molar-refractivity contribution in [2.24, 2.45) is 4.99 Å². The fraction of sp³-hybridized carbons (Fsp3) is 0.258. The molecule has 5 rings (SSSR count). The highest BCUT2D eigenvalue weighted by Gasteiger charge is 2.43. The first-order chi connectivity index (χ1) is 19.0. The SMILES string of the molecule is CC(=O)N(C=CC1=Nc2c(cc(-c3cc4ccccc4o3)c[n+]2CCCCS(=O)(=O)O)C1(C)C)c1ccccc1. The number of carbonyl (C=O) groups excluding carboxylic acids is 1. The summed E-state index contributed by atoms with van der Waals surface area (Å²) in [6.07, 6.45) is 6.45. The average Bonchev–Trinajstić information content (AvgIpc) is 3.45. The van der Waals surface area contributed by atoms with Gasteiger partial charge in [0.05, 0.1) is 28.8 Å². The van der Waals surface area contributed by atoms with E-state index in [-0.39, 0.29) is 11.7 Å². The third kappa shape index (κ3) is 5.76. The summed E-state index contributed by atoms with van der Waals surface area (Å²) < 4.78 is 39.8. The first-order valence-electron chi connectivity index (χ1n) is 13.2. The van der Waals surface area contributed by atoms with Gasteiger partial charge in [-0.25, -0.2) is 4.57 Å². The number of aliphatic imine (C=N–C) groups is 1. The van der Waals surface area contributed by atoms with E-state index >= 15 is 0 Å². The van der Waals surface area contributed by atoms with Crippen molar-refractivity contribution in [3.05, 3.63) is 90.8 Å². The van der Waals surface area contributed by atoms with Crippen LogP contribution in [0.2, 0.25) is 0 Å². The zero-order valence-electron chi connectivity index (χ0n) is 22.7. The highest BCUT2D eigenvalue weighted by atomic mass is 32.2. The maximum absolute atomic E-state index is 12.4. The molecule has 0 aliphatic carbocycles. The Kier molecular flexibility index (Phi) is 7.44. The number of fused-ring (bicyclic) bond motifs is 2. The molecule has 0 atom stereocenters. The average molecular weight is 559 g/mol. The molecule has 206 valence electrons. The molecule has 0 spiro atoms. The van der Waals surface area contributed by atoms with E-state index < -0.39 is 15.5 Å². The lowest BCUT2D eigenvalue weighted by atomic mass is 9.81. The molecule has 1 amide bonds. The van der Waals surface area contributed by atoms with Crippen molar-refractivity contribution >= 4 is 44.2 Å². The van der Waals surface area contributed by atoms with E-state index in [9.17, 15) is 13.2 Å². The number of benzene rings is 2. The number of hydrogen-bond acceptors (Lipinski definition) is 5. The second-order valence-corrected chi connectivity index (χ2v) is 12.0. The lowest BCUT2D eigenvalue weighted by Gasteiger charge is -2.19. The van der Waals surface area contributed by atoms with Gasteiger partial charge in [-0.05, 0) is 62.0 Å². The molecule has 0 fully saturated rings. The van der Waals surface area contributed by atoms with Gasteiger partial charge in [0.1, 0.15) is 17.5 Å². The number of nitrogens with zero attached hydrogens (tertiary/aromatic N) is 3. The molecule has 0 unspecified atom stereocenters. The van der Waals surface area contributed by atoms with Crippen LogP contribution in [0.1, 0.15) is 39.2 Å². The van der Waals surface area contributed by atoms with Gasteiger partial charge in [0.25, 0.3) is 10.1 Å². The topological polar surface area (TPSA) is 104 Å². The lowest BCUT2D eigenvalue weighted by molar-refractivity contribution is -0.684. The molecule has 1 N–H and O–H groups in total. The molecule has 0 saturated carbocycles. The van der Waals surface area contributed by atoms with Gasteiger partial charge in [0.15, 0.2) is 5.71 Å². The van der Waals surface area contributed by atoms with E-state index in [0.29, 0.717) is 19.4 Å². The van der Waals surface area contributed by atoms with Gasteiger partial charge < -0.3 is 4.42 Å². The molecule has 0 radical (unpaired) electrons. The Morgan fingerprint density at radius 2 is 1.80 bits per heavy atom. The summed E-state index contributed by atoms with van der Waals surface area (Å²) >= 11 is 0. The number of allylic oxidation sites excluding steroid dienone is 1. The van der Waals surface area contributed by atoms with Crippen LogP contribution in [-0.2, 0) is 26.9 Å². The second-order valence-electron chi connectivity index (χ2n) is 10.5. The van der Waals surface area contributed by atoms with Gasteiger partial charge in [-0.3, -0.25) is 14.2 Å². The summed E-state index contributed by atoms with van der Waals surface area (Å²) in [4.78, 5) is 19.0. The van der Waals surface area contributed by atoms with Crippen LogP contribution < -0.4 is 9.47 Å². The number of hydrogen-bond donors (Lipinski definition) is 1. The van der Waals surface area contributed by atoms with Gasteiger partial charge >= 0.3 is 5.82 Å². The van der Waals surface area contributed by atoms with Crippen molar-refractivity contribution in [1.82, 2.24) is 0 Å².